The number of benzene rings is 4. The molecule has 0 aliphatic heterocycles. The van der Waals surface area contributed by atoms with Gasteiger partial charge in [-0.05, 0) is 36.2 Å². The molecule has 0 aliphatic carbocycles. The Balaban J connectivity index is 0.000000154. The van der Waals surface area contributed by atoms with Crippen LogP contribution in [0.5, 0.6) is 0 Å². The van der Waals surface area contributed by atoms with E-state index in [0.717, 1.165) is 28.3 Å². The molecule has 4 aromatic heterocycles. The van der Waals surface area contributed by atoms with Gasteiger partial charge in [0.15, 0.2) is 23.3 Å². The highest BCUT2D eigenvalue weighted by molar-refractivity contribution is 6.35. The first-order chi connectivity index (χ1) is 23.9. The van der Waals surface area contributed by atoms with Gasteiger partial charge in [0.05, 0.1) is 40.7 Å². The van der Waals surface area contributed by atoms with Gasteiger partial charge in [0.25, 0.3) is 0 Å². The summed E-state index contributed by atoms with van der Waals surface area (Å²) in [6.45, 7) is 2.90. The van der Waals surface area contributed by atoms with E-state index in [0.29, 0.717) is 46.6 Å². The molecular formula is C35H28Cl2F2N10. The van der Waals surface area contributed by atoms with E-state index >= 15 is 0 Å². The van der Waals surface area contributed by atoms with E-state index in [1.54, 1.807) is 12.4 Å². The molecule has 0 fully saturated rings. The van der Waals surface area contributed by atoms with Crippen molar-refractivity contribution < 1.29 is 8.78 Å². The van der Waals surface area contributed by atoms with E-state index in [2.05, 4.69) is 51.2 Å². The predicted molar refractivity (Wildman–Crippen MR) is 190 cm³/mol. The fourth-order valence-corrected chi connectivity index (χ4v) is 5.93. The van der Waals surface area contributed by atoms with Crippen molar-refractivity contribution in [2.24, 2.45) is 0 Å². The van der Waals surface area contributed by atoms with Crippen molar-refractivity contribution in [3.8, 4) is 22.3 Å². The summed E-state index contributed by atoms with van der Waals surface area (Å²) in [7, 11) is 0. The molecule has 0 amide bonds. The van der Waals surface area contributed by atoms with Gasteiger partial charge in [-0.3, -0.25) is 15.3 Å². The smallest absolute Gasteiger partial charge is 0.168 e. The Labute approximate surface area is 288 Å². The summed E-state index contributed by atoms with van der Waals surface area (Å²) >= 11 is 12.5. The number of nitrogens with zero attached hydrogens (tertiary/aromatic N) is 4. The minimum Gasteiger partial charge on any atom is -0.362 e. The third-order valence-electron chi connectivity index (χ3n) is 7.86. The van der Waals surface area contributed by atoms with Crippen LogP contribution in [0.15, 0.2) is 91.3 Å². The maximum Gasteiger partial charge on any atom is 0.168 e. The average Bonchev–Trinajstić information content (AvgIpc) is 3.95. The van der Waals surface area contributed by atoms with Crippen LogP contribution in [-0.4, -0.2) is 40.6 Å². The number of anilines is 2. The highest BCUT2D eigenvalue weighted by Gasteiger charge is 2.19. The molecule has 8 aromatic rings. The minimum absolute atomic E-state index is 0.0810. The molecule has 0 radical (unpaired) electrons. The lowest BCUT2D eigenvalue weighted by molar-refractivity contribution is 0.637. The van der Waals surface area contributed by atoms with Crippen LogP contribution in [-0.2, 0) is 13.1 Å². The van der Waals surface area contributed by atoms with Crippen molar-refractivity contribution in [2.75, 3.05) is 10.6 Å². The molecule has 0 unspecified atom stereocenters. The number of aryl methyl sites for hydroxylation is 1. The molecule has 14 heteroatoms. The number of nitrogens with one attached hydrogen (secondary N) is 6. The zero-order valence-corrected chi connectivity index (χ0v) is 27.4. The molecule has 0 spiro atoms. The van der Waals surface area contributed by atoms with Gasteiger partial charge in [0.1, 0.15) is 16.9 Å². The van der Waals surface area contributed by atoms with E-state index in [9.17, 15) is 8.78 Å². The Morgan fingerprint density at radius 3 is 1.63 bits per heavy atom. The molecule has 6 N–H and O–H groups in total. The fraction of sp³-hybridized carbons (Fsp3) is 0.0857. The molecule has 0 atom stereocenters. The zero-order valence-electron chi connectivity index (χ0n) is 25.9. The first-order valence-corrected chi connectivity index (χ1v) is 15.9. The quantitative estimate of drug-likeness (QED) is 0.0937. The van der Waals surface area contributed by atoms with E-state index in [4.69, 9.17) is 23.2 Å². The first kappa shape index (κ1) is 31.9. The molecule has 246 valence electrons. The molecule has 0 bridgehead atoms. The van der Waals surface area contributed by atoms with Crippen LogP contribution < -0.4 is 10.6 Å². The van der Waals surface area contributed by atoms with Crippen molar-refractivity contribution >= 4 is 56.6 Å². The Bertz CT molecular complexity index is 2350. The zero-order chi connectivity index (χ0) is 33.9. The summed E-state index contributed by atoms with van der Waals surface area (Å²) in [6, 6.07) is 24.5. The van der Waals surface area contributed by atoms with Gasteiger partial charge >= 0.3 is 0 Å². The highest BCUT2D eigenvalue weighted by atomic mass is 35.5. The predicted octanol–water partition coefficient (Wildman–Crippen LogP) is 9.02. The number of aromatic amines is 4. The molecular weight excluding hydrogens is 669 g/mol. The maximum absolute atomic E-state index is 14.7. The van der Waals surface area contributed by atoms with Gasteiger partial charge in [-0.1, -0.05) is 83.9 Å². The van der Waals surface area contributed by atoms with Crippen LogP contribution in [0.25, 0.3) is 44.1 Å². The second-order valence-electron chi connectivity index (χ2n) is 11.1. The van der Waals surface area contributed by atoms with Crippen LogP contribution in [0.1, 0.15) is 17.2 Å². The molecule has 4 aromatic carbocycles. The van der Waals surface area contributed by atoms with E-state index in [1.807, 2.05) is 85.8 Å². The largest absolute Gasteiger partial charge is 0.362 e. The maximum atomic E-state index is 14.7. The fourth-order valence-electron chi connectivity index (χ4n) is 5.42. The summed E-state index contributed by atoms with van der Waals surface area (Å²) in [5.41, 5.74) is 5.37. The number of imidazole rings is 1. The topological polar surface area (TPSA) is 139 Å². The van der Waals surface area contributed by atoms with E-state index in [1.165, 1.54) is 0 Å². The van der Waals surface area contributed by atoms with Crippen molar-refractivity contribution in [2.45, 2.75) is 20.0 Å². The van der Waals surface area contributed by atoms with Gasteiger partial charge in [-0.15, -0.1) is 0 Å². The molecule has 8 rings (SSSR count). The van der Waals surface area contributed by atoms with Crippen molar-refractivity contribution in [3.63, 3.8) is 0 Å². The van der Waals surface area contributed by atoms with Crippen molar-refractivity contribution in [1.82, 2.24) is 40.6 Å². The molecule has 0 saturated heterocycles. The number of hydrogen-bond acceptors (Lipinski definition) is 6. The summed E-state index contributed by atoms with van der Waals surface area (Å²) in [5.74, 6) is 0.960. The van der Waals surface area contributed by atoms with Crippen LogP contribution in [0.2, 0.25) is 10.0 Å². The SMILES string of the molecule is Cc1ncc(CNc2n[nH]c3c(F)c(Cl)c(-c4ccccc4)cc23)[nH]1.Fc1c(Cl)c(-c2ccccc2)cc2c(NCc3ccn[nH]3)n[nH]c12. The van der Waals surface area contributed by atoms with Gasteiger partial charge in [0.2, 0.25) is 0 Å². The Kier molecular flexibility index (Phi) is 8.97. The number of hydrogen-bond donors (Lipinski definition) is 6. The Hall–Kier alpha value is -5.72. The van der Waals surface area contributed by atoms with Crippen LogP contribution >= 0.6 is 23.2 Å². The lowest BCUT2D eigenvalue weighted by Gasteiger charge is -2.08. The Morgan fingerprint density at radius 2 is 1.18 bits per heavy atom. The Morgan fingerprint density at radius 1 is 0.673 bits per heavy atom. The van der Waals surface area contributed by atoms with Crippen molar-refractivity contribution in [3.05, 3.63) is 130 Å². The van der Waals surface area contributed by atoms with Gasteiger partial charge in [0, 0.05) is 28.1 Å². The molecule has 0 saturated carbocycles. The van der Waals surface area contributed by atoms with E-state index in [-0.39, 0.29) is 21.1 Å². The molecule has 4 heterocycles. The summed E-state index contributed by atoms with van der Waals surface area (Å²) in [6.07, 6.45) is 3.43. The molecule has 10 nitrogen and oxygen atoms in total. The normalized spacial score (nSPS) is 11.1. The van der Waals surface area contributed by atoms with Crippen LogP contribution in [0.3, 0.4) is 0 Å². The lowest BCUT2D eigenvalue weighted by Crippen LogP contribution is -2.00. The van der Waals surface area contributed by atoms with Gasteiger partial charge < -0.3 is 15.6 Å². The molecule has 49 heavy (non-hydrogen) atoms. The third kappa shape index (κ3) is 6.56. The second-order valence-corrected chi connectivity index (χ2v) is 11.9. The third-order valence-corrected chi connectivity index (χ3v) is 8.60. The molecule has 0 aliphatic rings. The number of halogens is 4. The average molecular weight is 698 g/mol. The first-order valence-electron chi connectivity index (χ1n) is 15.2. The highest BCUT2D eigenvalue weighted by Crippen LogP contribution is 2.38. The summed E-state index contributed by atoms with van der Waals surface area (Å²) < 4.78 is 29.3. The minimum atomic E-state index is -0.505. The number of H-pyrrole nitrogens is 4. The van der Waals surface area contributed by atoms with Gasteiger partial charge in [-0.2, -0.15) is 15.3 Å². The number of aromatic nitrogens is 8. The second kappa shape index (κ2) is 13.8. The summed E-state index contributed by atoms with van der Waals surface area (Å²) in [5, 5.41) is 28.4. The van der Waals surface area contributed by atoms with E-state index < -0.39 is 11.6 Å². The van der Waals surface area contributed by atoms with Crippen LogP contribution in [0.4, 0.5) is 20.4 Å². The van der Waals surface area contributed by atoms with Crippen molar-refractivity contribution in [1.29, 1.82) is 0 Å². The van der Waals surface area contributed by atoms with Gasteiger partial charge in [-0.25, -0.2) is 13.8 Å². The summed E-state index contributed by atoms with van der Waals surface area (Å²) in [4.78, 5) is 7.29. The van der Waals surface area contributed by atoms with Crippen LogP contribution in [0, 0.1) is 18.6 Å². The lowest BCUT2D eigenvalue weighted by atomic mass is 10.0. The monoisotopic (exact) mass is 696 g/mol. The number of rotatable bonds is 8. The number of fused-ring (bicyclic) bond motifs is 2. The standard InChI is InChI=1S/C18H15ClFN5.C17H13ClFN5/c1-10-21-8-12(23-10)9-22-18-14-7-13(11-5-3-2-4-6-11)15(19)16(20)17(14)24-25-18;18-14-12(10-4-2-1-3-5-10)8-13-16(15(14)19)23-24-17(13)20-9-11-6-7-21-22-11/h2-8H,9H2,1H3,(H,21,23)(H2,22,24,25);1-8H,9H2,(H,21,22)(H2,20,23,24).